The third kappa shape index (κ3) is 11.6. The molecule has 0 aliphatic heterocycles. The summed E-state index contributed by atoms with van der Waals surface area (Å²) in [7, 11) is -14.1. The normalized spacial score (nSPS) is 11.9. The predicted octanol–water partition coefficient (Wildman–Crippen LogP) is 10.5. The van der Waals surface area contributed by atoms with Crippen LogP contribution in [0, 0.1) is 13.8 Å². The molecule has 0 unspecified atom stereocenters. The Morgan fingerprint density at radius 3 is 0.795 bits per heavy atom. The number of methoxy groups -OCH3 is 2. The van der Waals surface area contributed by atoms with E-state index in [-0.39, 0.29) is 77.1 Å². The quantitative estimate of drug-likeness (QED) is 0.0582. The molecule has 0 heterocycles. The lowest BCUT2D eigenvalue weighted by molar-refractivity contribution is 0.371. The van der Waals surface area contributed by atoms with Gasteiger partial charge in [0.2, 0.25) is 0 Å². The Morgan fingerprint density at radius 2 is 0.538 bits per heavy atom. The molecule has 0 fully saturated rings. The summed E-state index contributed by atoms with van der Waals surface area (Å²) in [4.78, 5) is -0.701. The van der Waals surface area contributed by atoms with Crippen LogP contribution >= 0.6 is 0 Å². The summed E-state index contributed by atoms with van der Waals surface area (Å²) in [5.74, 6) is -0.350. The molecule has 0 aromatic heterocycles. The van der Waals surface area contributed by atoms with E-state index in [2.05, 4.69) is 0 Å². The van der Waals surface area contributed by atoms with Crippen LogP contribution in [0.3, 0.4) is 0 Å². The zero-order chi connectivity index (χ0) is 55.9. The van der Waals surface area contributed by atoms with Crippen molar-refractivity contribution in [2.75, 3.05) is 14.2 Å². The van der Waals surface area contributed by atoms with E-state index < -0.39 is 40.5 Å². The number of phenolic OH excluding ortho intramolecular Hbond substituents is 4. The van der Waals surface area contributed by atoms with E-state index in [4.69, 9.17) is 26.2 Å². The molecule has 18 nitrogen and oxygen atoms in total. The standard InChI is InChI=1S/C28H22O10S2.C28H22O8S2/c1-35-27-15-23(7-9-25(27)29)39(31,32)37-21-5-3-17-12-20-14-22(6-4-18(20)11-19(17)13-21)38-40(33,34)24-8-10-26(30)28(16-24)36-2;1-17-3-9-25(15-27(17)29)37(31,32)35-23-7-5-19-12-22-14-24(8-6-20(22)11-21(19)13-23)36-38(33,34)26-10-4-18(2)28(30)16-26/h3-16,29-30H,1-2H3;3-16,29-30H,1-2H3. The van der Waals surface area contributed by atoms with Crippen molar-refractivity contribution < 1.29 is 80.3 Å². The fourth-order valence-electron chi connectivity index (χ4n) is 7.93. The smallest absolute Gasteiger partial charge is 0.339 e. The SMILES string of the molecule is COc1cc(S(=O)(=O)Oc2ccc3cc4cc(OS(=O)(=O)c5ccc(O)c(OC)c5)ccc4cc3c2)ccc1O.Cc1ccc(S(=O)(=O)Oc2ccc3cc4cc(OS(=O)(=O)c5ccc(C)c(O)c5)ccc4cc3c2)cc1O. The molecule has 22 heteroatoms. The summed E-state index contributed by atoms with van der Waals surface area (Å²) >= 11 is 0. The van der Waals surface area contributed by atoms with Gasteiger partial charge in [0, 0.05) is 24.3 Å². The highest BCUT2D eigenvalue weighted by Crippen LogP contribution is 2.36. The maximum Gasteiger partial charge on any atom is 0.339 e. The average Bonchev–Trinajstić information content (AvgIpc) is 3.47. The van der Waals surface area contributed by atoms with Gasteiger partial charge in [0.25, 0.3) is 0 Å². The van der Waals surface area contributed by atoms with Gasteiger partial charge in [-0.25, -0.2) is 0 Å². The minimum atomic E-state index is -4.21. The molecule has 0 aliphatic carbocycles. The van der Waals surface area contributed by atoms with E-state index in [1.54, 1.807) is 74.5 Å². The van der Waals surface area contributed by atoms with Crippen molar-refractivity contribution in [1.29, 1.82) is 0 Å². The number of phenols is 4. The Morgan fingerprint density at radius 1 is 0.282 bits per heavy atom. The number of aromatic hydroxyl groups is 4. The van der Waals surface area contributed by atoms with Crippen LogP contribution in [0.15, 0.2) is 189 Å². The largest absolute Gasteiger partial charge is 0.508 e. The Bertz CT molecular complexity index is 4220. The van der Waals surface area contributed by atoms with Crippen molar-refractivity contribution in [3.8, 4) is 57.5 Å². The monoisotopic (exact) mass is 1130 g/mol. The van der Waals surface area contributed by atoms with E-state index in [9.17, 15) is 54.1 Å². The molecule has 10 rings (SSSR count). The van der Waals surface area contributed by atoms with E-state index in [1.165, 1.54) is 87.0 Å². The second-order valence-corrected chi connectivity index (χ2v) is 23.6. The Balaban J connectivity index is 0.000000190. The van der Waals surface area contributed by atoms with Crippen LogP contribution in [-0.2, 0) is 40.5 Å². The molecule has 78 heavy (non-hydrogen) atoms. The van der Waals surface area contributed by atoms with Crippen LogP contribution in [0.5, 0.6) is 57.5 Å². The third-order valence-corrected chi connectivity index (χ3v) is 17.1. The van der Waals surface area contributed by atoms with Crippen molar-refractivity contribution in [1.82, 2.24) is 0 Å². The van der Waals surface area contributed by atoms with Gasteiger partial charge < -0.3 is 46.6 Å². The molecule has 10 aromatic carbocycles. The van der Waals surface area contributed by atoms with Gasteiger partial charge in [-0.2, -0.15) is 33.7 Å². The lowest BCUT2D eigenvalue weighted by Crippen LogP contribution is -2.10. The molecule has 0 saturated heterocycles. The van der Waals surface area contributed by atoms with Crippen molar-refractivity contribution in [3.63, 3.8) is 0 Å². The molecule has 0 saturated carbocycles. The fourth-order valence-corrected chi connectivity index (χ4v) is 11.7. The highest BCUT2D eigenvalue weighted by Gasteiger charge is 2.23. The van der Waals surface area contributed by atoms with E-state index in [0.29, 0.717) is 32.7 Å². The van der Waals surface area contributed by atoms with Crippen molar-refractivity contribution in [2.45, 2.75) is 33.4 Å². The number of aryl methyl sites for hydroxylation is 2. The molecular weight excluding hydrogens is 1090 g/mol. The average molecular weight is 1130 g/mol. The van der Waals surface area contributed by atoms with E-state index >= 15 is 0 Å². The second kappa shape index (κ2) is 20.9. The number of fused-ring (bicyclic) bond motifs is 4. The highest BCUT2D eigenvalue weighted by molar-refractivity contribution is 7.88. The molecule has 0 spiro atoms. The minimum absolute atomic E-state index is 0.00593. The number of rotatable bonds is 14. The Labute approximate surface area is 447 Å². The minimum Gasteiger partial charge on any atom is -0.508 e. The van der Waals surface area contributed by atoms with Crippen LogP contribution < -0.4 is 26.2 Å². The third-order valence-electron chi connectivity index (χ3n) is 12.1. The summed E-state index contributed by atoms with van der Waals surface area (Å²) in [6.45, 7) is 3.31. The summed E-state index contributed by atoms with van der Waals surface area (Å²) in [5.41, 5.74) is 1.09. The number of ether oxygens (including phenoxy) is 2. The van der Waals surface area contributed by atoms with Gasteiger partial charge in [-0.1, -0.05) is 36.4 Å². The van der Waals surface area contributed by atoms with Crippen molar-refractivity contribution in [3.05, 3.63) is 181 Å². The maximum atomic E-state index is 12.8. The molecule has 0 bridgehead atoms. The van der Waals surface area contributed by atoms with Gasteiger partial charge in [0.15, 0.2) is 23.0 Å². The van der Waals surface area contributed by atoms with Gasteiger partial charge >= 0.3 is 40.5 Å². The molecule has 0 atom stereocenters. The maximum absolute atomic E-state index is 12.8. The predicted molar refractivity (Wildman–Crippen MR) is 289 cm³/mol. The van der Waals surface area contributed by atoms with Crippen molar-refractivity contribution >= 4 is 83.6 Å². The van der Waals surface area contributed by atoms with Crippen LogP contribution in [-0.4, -0.2) is 68.3 Å². The Kier molecular flexibility index (Phi) is 14.4. The van der Waals surface area contributed by atoms with Crippen LogP contribution in [0.2, 0.25) is 0 Å². The highest BCUT2D eigenvalue weighted by atomic mass is 32.2. The topological polar surface area (TPSA) is 273 Å². The summed E-state index contributed by atoms with van der Waals surface area (Å²) in [6, 6.07) is 41.4. The van der Waals surface area contributed by atoms with E-state index in [1.807, 2.05) is 12.1 Å². The summed E-state index contributed by atoms with van der Waals surface area (Å²) < 4.78 is 133. The molecule has 400 valence electrons. The summed E-state index contributed by atoms with van der Waals surface area (Å²) in [6.07, 6.45) is 0. The van der Waals surface area contributed by atoms with Crippen molar-refractivity contribution in [2.24, 2.45) is 0 Å². The summed E-state index contributed by atoms with van der Waals surface area (Å²) in [5, 5.41) is 45.0. The molecule has 0 aliphatic rings. The van der Waals surface area contributed by atoms with Gasteiger partial charge in [-0.05, 0) is 177 Å². The van der Waals surface area contributed by atoms with Gasteiger partial charge in [0.05, 0.1) is 14.2 Å². The van der Waals surface area contributed by atoms with Crippen LogP contribution in [0.25, 0.3) is 43.1 Å². The molecular formula is C56H44O18S4. The van der Waals surface area contributed by atoms with Gasteiger partial charge in [0.1, 0.15) is 54.1 Å². The molecule has 4 N–H and O–H groups in total. The second-order valence-electron chi connectivity index (χ2n) is 17.5. The Hall–Kier alpha value is -8.96. The first-order chi connectivity index (χ1) is 36.9. The van der Waals surface area contributed by atoms with Crippen LogP contribution in [0.1, 0.15) is 11.1 Å². The number of benzene rings is 10. The van der Waals surface area contributed by atoms with Gasteiger partial charge in [-0.3, -0.25) is 0 Å². The number of hydrogen-bond acceptors (Lipinski definition) is 18. The zero-order valence-electron chi connectivity index (χ0n) is 41.3. The first-order valence-electron chi connectivity index (χ1n) is 23.0. The van der Waals surface area contributed by atoms with Gasteiger partial charge in [-0.15, -0.1) is 0 Å². The first kappa shape index (κ1) is 53.9. The lowest BCUT2D eigenvalue weighted by Gasteiger charge is -2.11. The van der Waals surface area contributed by atoms with Crippen LogP contribution in [0.4, 0.5) is 0 Å². The zero-order valence-corrected chi connectivity index (χ0v) is 44.6. The van der Waals surface area contributed by atoms with E-state index in [0.717, 1.165) is 45.8 Å². The molecule has 0 radical (unpaired) electrons. The fraction of sp³-hybridized carbons (Fsp3) is 0.0714. The molecule has 0 amide bonds. The number of hydrogen-bond donors (Lipinski definition) is 4. The molecule has 10 aromatic rings. The lowest BCUT2D eigenvalue weighted by atomic mass is 10.0. The first-order valence-corrected chi connectivity index (χ1v) is 28.6.